The van der Waals surface area contributed by atoms with Gasteiger partial charge in [0.1, 0.15) is 28.2 Å². The van der Waals surface area contributed by atoms with Gasteiger partial charge in [-0.15, -0.1) is 11.8 Å². The second-order valence-electron chi connectivity index (χ2n) is 3.43. The van der Waals surface area contributed by atoms with Gasteiger partial charge in [0, 0.05) is 6.08 Å². The molecule has 2 aromatic heterocycles. The molecule has 96 valence electrons. The van der Waals surface area contributed by atoms with Gasteiger partial charge in [0.2, 0.25) is 5.91 Å². The van der Waals surface area contributed by atoms with Crippen molar-refractivity contribution in [3.8, 4) is 6.07 Å². The third kappa shape index (κ3) is 3.05. The molecule has 0 bridgehead atoms. The molecule has 1 amide bonds. The summed E-state index contributed by atoms with van der Waals surface area (Å²) in [6.07, 6.45) is 6.18. The number of hydrogen-bond donors (Lipinski definition) is 2. The summed E-state index contributed by atoms with van der Waals surface area (Å²) in [4.78, 5) is 11.7. The largest absolute Gasteiger partial charge is 0.465 e. The van der Waals surface area contributed by atoms with Crippen LogP contribution in [0.5, 0.6) is 0 Å². The first-order valence-electron chi connectivity index (χ1n) is 5.29. The molecule has 6 nitrogen and oxygen atoms in total. The van der Waals surface area contributed by atoms with E-state index in [1.165, 1.54) is 30.2 Å². The topological polar surface area (TPSA) is 94.7 Å². The zero-order valence-electron chi connectivity index (χ0n) is 10.0. The molecule has 2 N–H and O–H groups in total. The average Bonchev–Trinajstić information content (AvgIpc) is 3.05. The fourth-order valence-corrected chi connectivity index (χ4v) is 1.86. The molecule has 7 heteroatoms. The van der Waals surface area contributed by atoms with Crippen LogP contribution in [0, 0.1) is 11.3 Å². The van der Waals surface area contributed by atoms with Gasteiger partial charge < -0.3 is 9.73 Å². The van der Waals surface area contributed by atoms with Crippen molar-refractivity contribution in [3.63, 3.8) is 0 Å². The highest BCUT2D eigenvalue weighted by molar-refractivity contribution is 7.98. The van der Waals surface area contributed by atoms with E-state index in [9.17, 15) is 4.79 Å². The number of nitrogens with zero attached hydrogens (tertiary/aromatic N) is 2. The van der Waals surface area contributed by atoms with Crippen molar-refractivity contribution in [1.29, 1.82) is 5.26 Å². The summed E-state index contributed by atoms with van der Waals surface area (Å²) >= 11 is 1.33. The van der Waals surface area contributed by atoms with E-state index in [0.29, 0.717) is 22.2 Å². The van der Waals surface area contributed by atoms with E-state index in [-0.39, 0.29) is 5.91 Å². The van der Waals surface area contributed by atoms with E-state index in [2.05, 4.69) is 15.5 Å². The lowest BCUT2D eigenvalue weighted by molar-refractivity contribution is -0.111. The van der Waals surface area contributed by atoms with Crippen LogP contribution in [-0.2, 0) is 4.79 Å². The number of nitrogens with one attached hydrogen (secondary N) is 2. The van der Waals surface area contributed by atoms with Gasteiger partial charge in [0.15, 0.2) is 0 Å². The molecule has 0 saturated heterocycles. The Hall–Kier alpha value is -2.46. The van der Waals surface area contributed by atoms with Gasteiger partial charge in [-0.1, -0.05) is 0 Å². The molecule has 0 aliphatic heterocycles. The molecule has 0 aliphatic carbocycles. The summed E-state index contributed by atoms with van der Waals surface area (Å²) in [5.41, 5.74) is 0.326. The van der Waals surface area contributed by atoms with Crippen LogP contribution >= 0.6 is 11.8 Å². The number of nitriles is 1. The fourth-order valence-electron chi connectivity index (χ4n) is 1.38. The molecule has 0 fully saturated rings. The van der Waals surface area contributed by atoms with Crippen molar-refractivity contribution < 1.29 is 9.21 Å². The Morgan fingerprint density at radius 1 is 1.68 bits per heavy atom. The molecule has 0 spiro atoms. The number of thioether (sulfide) groups is 1. The summed E-state index contributed by atoms with van der Waals surface area (Å²) < 4.78 is 5.06. The van der Waals surface area contributed by atoms with Crippen molar-refractivity contribution in [2.45, 2.75) is 5.03 Å². The van der Waals surface area contributed by atoms with Gasteiger partial charge >= 0.3 is 0 Å². The fraction of sp³-hybridized carbons (Fsp3) is 0.0833. The number of aromatic amines is 1. The SMILES string of the molecule is CSc1n[nH]c(NC(=O)/C=C/c2ccco2)c1C#N. The van der Waals surface area contributed by atoms with Crippen LogP contribution < -0.4 is 5.32 Å². The van der Waals surface area contributed by atoms with Crippen LogP contribution in [0.1, 0.15) is 11.3 Å². The van der Waals surface area contributed by atoms with E-state index in [1.807, 2.05) is 6.07 Å². The number of carbonyl (C=O) groups excluding carboxylic acids is 1. The summed E-state index contributed by atoms with van der Waals surface area (Å²) in [5, 5.41) is 18.7. The van der Waals surface area contributed by atoms with Gasteiger partial charge in [0.25, 0.3) is 0 Å². The molecule has 0 radical (unpaired) electrons. The number of amides is 1. The molecule has 0 aromatic carbocycles. The summed E-state index contributed by atoms with van der Waals surface area (Å²) in [6.45, 7) is 0. The van der Waals surface area contributed by atoms with Gasteiger partial charge in [-0.3, -0.25) is 9.89 Å². The van der Waals surface area contributed by atoms with Crippen molar-refractivity contribution in [3.05, 3.63) is 35.8 Å². The first kappa shape index (κ1) is 13.0. The smallest absolute Gasteiger partial charge is 0.249 e. The monoisotopic (exact) mass is 274 g/mol. The maximum atomic E-state index is 11.7. The average molecular weight is 274 g/mol. The van der Waals surface area contributed by atoms with Gasteiger partial charge in [-0.2, -0.15) is 10.4 Å². The summed E-state index contributed by atoms with van der Waals surface area (Å²) in [7, 11) is 0. The van der Waals surface area contributed by atoms with Crippen molar-refractivity contribution in [2.75, 3.05) is 11.6 Å². The molecule has 0 atom stereocenters. The van der Waals surface area contributed by atoms with Crippen molar-refractivity contribution in [2.24, 2.45) is 0 Å². The molecule has 2 rings (SSSR count). The second kappa shape index (κ2) is 5.93. The summed E-state index contributed by atoms with van der Waals surface area (Å²) in [5.74, 6) is 0.496. The Labute approximate surface area is 113 Å². The Morgan fingerprint density at radius 2 is 2.53 bits per heavy atom. The predicted molar refractivity (Wildman–Crippen MR) is 71.5 cm³/mol. The van der Waals surface area contributed by atoms with E-state index in [1.54, 1.807) is 18.4 Å². The Morgan fingerprint density at radius 3 is 3.16 bits per heavy atom. The van der Waals surface area contributed by atoms with Crippen LogP contribution in [-0.4, -0.2) is 22.4 Å². The molecular weight excluding hydrogens is 264 g/mol. The summed E-state index contributed by atoms with van der Waals surface area (Å²) in [6, 6.07) is 5.45. The third-order valence-electron chi connectivity index (χ3n) is 2.23. The van der Waals surface area contributed by atoms with Gasteiger partial charge in [-0.25, -0.2) is 0 Å². The lowest BCUT2D eigenvalue weighted by Crippen LogP contribution is -2.09. The normalized spacial score (nSPS) is 10.5. The molecule has 0 unspecified atom stereocenters. The molecular formula is C12H10N4O2S. The van der Waals surface area contributed by atoms with Crippen LogP contribution in [0.25, 0.3) is 6.08 Å². The maximum absolute atomic E-state index is 11.7. The Kier molecular flexibility index (Phi) is 4.05. The highest BCUT2D eigenvalue weighted by Gasteiger charge is 2.13. The van der Waals surface area contributed by atoms with Gasteiger partial charge in [-0.05, 0) is 24.5 Å². The number of hydrogen-bond acceptors (Lipinski definition) is 5. The van der Waals surface area contributed by atoms with Crippen molar-refractivity contribution in [1.82, 2.24) is 10.2 Å². The molecule has 0 aliphatic rings. The minimum Gasteiger partial charge on any atom is -0.465 e. The first-order chi connectivity index (χ1) is 9.24. The van der Waals surface area contributed by atoms with Gasteiger partial charge in [0.05, 0.1) is 6.26 Å². The quantitative estimate of drug-likeness (QED) is 0.658. The maximum Gasteiger partial charge on any atom is 0.249 e. The third-order valence-corrected chi connectivity index (χ3v) is 2.91. The minimum atomic E-state index is -0.371. The van der Waals surface area contributed by atoms with E-state index < -0.39 is 0 Å². The number of rotatable bonds is 4. The lowest BCUT2D eigenvalue weighted by atomic mass is 10.3. The van der Waals surface area contributed by atoms with Crippen LogP contribution in [0.3, 0.4) is 0 Å². The number of aromatic nitrogens is 2. The molecule has 0 saturated carbocycles. The molecule has 2 heterocycles. The standard InChI is InChI=1S/C12H10N4O2S/c1-19-12-9(7-13)11(15-16-12)14-10(17)5-4-8-3-2-6-18-8/h2-6H,1H3,(H2,14,15,16,17)/b5-4+. The Bertz CT molecular complexity index is 637. The minimum absolute atomic E-state index is 0.293. The number of carbonyl (C=O) groups is 1. The lowest BCUT2D eigenvalue weighted by Gasteiger charge is -1.97. The second-order valence-corrected chi connectivity index (χ2v) is 4.23. The zero-order valence-corrected chi connectivity index (χ0v) is 10.8. The first-order valence-corrected chi connectivity index (χ1v) is 6.52. The molecule has 19 heavy (non-hydrogen) atoms. The van der Waals surface area contributed by atoms with Crippen molar-refractivity contribution >= 4 is 29.6 Å². The van der Waals surface area contributed by atoms with E-state index >= 15 is 0 Å². The van der Waals surface area contributed by atoms with E-state index in [0.717, 1.165) is 0 Å². The molecule has 2 aromatic rings. The van der Waals surface area contributed by atoms with Crippen LogP contribution in [0.2, 0.25) is 0 Å². The Balaban J connectivity index is 2.07. The highest BCUT2D eigenvalue weighted by atomic mass is 32.2. The number of furan rings is 1. The van der Waals surface area contributed by atoms with E-state index in [4.69, 9.17) is 9.68 Å². The number of anilines is 1. The highest BCUT2D eigenvalue weighted by Crippen LogP contribution is 2.22. The zero-order chi connectivity index (χ0) is 13.7. The number of H-pyrrole nitrogens is 1. The van der Waals surface area contributed by atoms with Crippen LogP contribution in [0.4, 0.5) is 5.82 Å². The predicted octanol–water partition coefficient (Wildman–Crippen LogP) is 2.25. The van der Waals surface area contributed by atoms with Crippen LogP contribution in [0.15, 0.2) is 33.9 Å².